The largest absolute Gasteiger partial charge is 2.00 e. The van der Waals surface area contributed by atoms with Gasteiger partial charge in [-0.25, -0.2) is 24.3 Å². The van der Waals surface area contributed by atoms with Crippen molar-refractivity contribution in [1.29, 1.82) is 0 Å². The minimum absolute atomic E-state index is 0. The van der Waals surface area contributed by atoms with Gasteiger partial charge in [0.25, 0.3) is 0 Å². The van der Waals surface area contributed by atoms with E-state index in [9.17, 15) is 0 Å². The van der Waals surface area contributed by atoms with Crippen LogP contribution in [-0.2, 0) is 12.8 Å². The monoisotopic (exact) mass is 266 g/mol. The Hall–Kier alpha value is -0.534. The van der Waals surface area contributed by atoms with Crippen molar-refractivity contribution >= 4 is 23.1 Å². The molecule has 2 aromatic carbocycles. The average Bonchev–Trinajstić information content (AvgIpc) is 3.07. The van der Waals surface area contributed by atoms with E-state index >= 15 is 0 Å². The van der Waals surface area contributed by atoms with Crippen molar-refractivity contribution in [3.8, 4) is 0 Å². The molecule has 19 heavy (non-hydrogen) atoms. The van der Waals surface area contributed by atoms with Crippen molar-refractivity contribution in [2.45, 2.75) is 52.4 Å². The standard InChI is InChI=1S/2C9H13.Mg/c2*1-2-3-6-9-7-4-5-8-9;/h2*4-5,7-8H,2-3,6H2,1H3;/q2*-1;+2. The molecule has 0 saturated heterocycles. The first-order valence-corrected chi connectivity index (χ1v) is 7.28. The van der Waals surface area contributed by atoms with Gasteiger partial charge in [-0.15, -0.1) is 0 Å². The van der Waals surface area contributed by atoms with E-state index in [1.54, 1.807) is 0 Å². The molecule has 0 bridgehead atoms. The molecule has 2 rings (SSSR count). The van der Waals surface area contributed by atoms with E-state index in [0.717, 1.165) is 0 Å². The molecule has 0 N–H and O–H groups in total. The number of aryl methyl sites for hydroxylation is 2. The zero-order valence-electron chi connectivity index (χ0n) is 12.6. The maximum absolute atomic E-state index is 2.23. The average molecular weight is 267 g/mol. The Bertz CT molecular complexity index is 318. The zero-order chi connectivity index (χ0) is 13.1. The van der Waals surface area contributed by atoms with Gasteiger partial charge < -0.3 is 0 Å². The Morgan fingerprint density at radius 3 is 1.21 bits per heavy atom. The normalized spacial score (nSPS) is 9.37. The molecule has 0 saturated carbocycles. The van der Waals surface area contributed by atoms with Crippen LogP contribution in [0.3, 0.4) is 0 Å². The van der Waals surface area contributed by atoms with Gasteiger partial charge in [-0.3, -0.25) is 0 Å². The van der Waals surface area contributed by atoms with Crippen LogP contribution in [0.2, 0.25) is 0 Å². The number of hydrogen-bond donors (Lipinski definition) is 0. The first kappa shape index (κ1) is 18.5. The molecule has 0 aliphatic rings. The topological polar surface area (TPSA) is 0 Å². The van der Waals surface area contributed by atoms with Gasteiger partial charge in [0.1, 0.15) is 0 Å². The van der Waals surface area contributed by atoms with E-state index in [-0.39, 0.29) is 23.1 Å². The quantitative estimate of drug-likeness (QED) is 0.503. The van der Waals surface area contributed by atoms with Crippen molar-refractivity contribution in [2.24, 2.45) is 0 Å². The molecule has 0 nitrogen and oxygen atoms in total. The molecule has 0 atom stereocenters. The molecule has 0 radical (unpaired) electrons. The summed E-state index contributed by atoms with van der Waals surface area (Å²) in [5.74, 6) is 0. The first-order chi connectivity index (χ1) is 8.86. The van der Waals surface area contributed by atoms with Gasteiger partial charge in [-0.2, -0.15) is 35.4 Å². The molecule has 2 aromatic rings. The second-order valence-corrected chi connectivity index (χ2v) is 4.79. The van der Waals surface area contributed by atoms with E-state index < -0.39 is 0 Å². The predicted molar refractivity (Wildman–Crippen MR) is 87.0 cm³/mol. The Balaban J connectivity index is 0.000000324. The maximum atomic E-state index is 2.23. The van der Waals surface area contributed by atoms with Gasteiger partial charge in [0, 0.05) is 0 Å². The van der Waals surface area contributed by atoms with Crippen LogP contribution >= 0.6 is 0 Å². The molecule has 0 amide bonds. The molecule has 0 fully saturated rings. The third kappa shape index (κ3) is 9.07. The third-order valence-electron chi connectivity index (χ3n) is 3.10. The van der Waals surface area contributed by atoms with Crippen LogP contribution in [0.4, 0.5) is 0 Å². The van der Waals surface area contributed by atoms with Crippen LogP contribution in [0, 0.1) is 0 Å². The summed E-state index contributed by atoms with van der Waals surface area (Å²) in [6.07, 6.45) is 7.75. The molecule has 0 heterocycles. The molecule has 0 aliphatic carbocycles. The fourth-order valence-corrected chi connectivity index (χ4v) is 1.92. The van der Waals surface area contributed by atoms with Gasteiger partial charge in [-0.05, 0) is 0 Å². The molecule has 0 aliphatic heterocycles. The number of unbranched alkanes of at least 4 members (excludes halogenated alkanes) is 2. The Morgan fingerprint density at radius 1 is 0.632 bits per heavy atom. The van der Waals surface area contributed by atoms with Crippen LogP contribution < -0.4 is 0 Å². The molecule has 1 heteroatoms. The van der Waals surface area contributed by atoms with Crippen LogP contribution in [0.25, 0.3) is 0 Å². The van der Waals surface area contributed by atoms with Crippen molar-refractivity contribution in [2.75, 3.05) is 0 Å². The van der Waals surface area contributed by atoms with Crippen molar-refractivity contribution in [3.05, 3.63) is 59.7 Å². The first-order valence-electron chi connectivity index (χ1n) is 7.28. The zero-order valence-corrected chi connectivity index (χ0v) is 14.0. The Kier molecular flexibility index (Phi) is 12.1. The van der Waals surface area contributed by atoms with Crippen molar-refractivity contribution in [1.82, 2.24) is 0 Å². The van der Waals surface area contributed by atoms with Crippen LogP contribution in [0.5, 0.6) is 0 Å². The minimum Gasteiger partial charge on any atom is -0.213 e. The smallest absolute Gasteiger partial charge is 0.213 e. The second kappa shape index (κ2) is 12.5. The minimum atomic E-state index is 0. The fourth-order valence-electron chi connectivity index (χ4n) is 1.92. The summed E-state index contributed by atoms with van der Waals surface area (Å²) in [7, 11) is 0. The maximum Gasteiger partial charge on any atom is 2.00 e. The van der Waals surface area contributed by atoms with Crippen LogP contribution in [0.1, 0.15) is 50.7 Å². The molecule has 0 aromatic heterocycles. The van der Waals surface area contributed by atoms with Gasteiger partial charge in [0.15, 0.2) is 0 Å². The van der Waals surface area contributed by atoms with Crippen molar-refractivity contribution < 1.29 is 0 Å². The summed E-state index contributed by atoms with van der Waals surface area (Å²) in [6.45, 7) is 4.45. The Labute approximate surface area is 135 Å². The Morgan fingerprint density at radius 2 is 0.947 bits per heavy atom. The van der Waals surface area contributed by atoms with E-state index in [4.69, 9.17) is 0 Å². The summed E-state index contributed by atoms with van der Waals surface area (Å²) >= 11 is 0. The van der Waals surface area contributed by atoms with Crippen LogP contribution in [-0.4, -0.2) is 23.1 Å². The summed E-state index contributed by atoms with van der Waals surface area (Å²) in [4.78, 5) is 0. The van der Waals surface area contributed by atoms with Crippen LogP contribution in [0.15, 0.2) is 48.5 Å². The van der Waals surface area contributed by atoms with Gasteiger partial charge >= 0.3 is 23.1 Å². The van der Waals surface area contributed by atoms with Gasteiger partial charge in [-0.1, -0.05) is 52.4 Å². The molecule has 0 spiro atoms. The third-order valence-corrected chi connectivity index (χ3v) is 3.10. The molecular formula is C18H26Mg. The molecular weight excluding hydrogens is 241 g/mol. The summed E-state index contributed by atoms with van der Waals surface area (Å²) in [5, 5.41) is 0. The number of rotatable bonds is 6. The van der Waals surface area contributed by atoms with Gasteiger partial charge in [0.05, 0.1) is 0 Å². The van der Waals surface area contributed by atoms with E-state index in [2.05, 4.69) is 62.4 Å². The molecule has 100 valence electrons. The van der Waals surface area contributed by atoms with E-state index in [1.807, 2.05) is 0 Å². The number of hydrogen-bond acceptors (Lipinski definition) is 0. The SMILES string of the molecule is CCCC[c-]1cccc1.CCCC[c-]1cccc1.[Mg+2]. The summed E-state index contributed by atoms with van der Waals surface area (Å²) in [6, 6.07) is 17.2. The summed E-state index contributed by atoms with van der Waals surface area (Å²) in [5.41, 5.74) is 2.97. The second-order valence-electron chi connectivity index (χ2n) is 4.79. The summed E-state index contributed by atoms with van der Waals surface area (Å²) < 4.78 is 0. The molecule has 0 unspecified atom stereocenters. The van der Waals surface area contributed by atoms with Gasteiger partial charge in [0.2, 0.25) is 0 Å². The van der Waals surface area contributed by atoms with E-state index in [1.165, 1.54) is 49.7 Å². The predicted octanol–water partition coefficient (Wildman–Crippen LogP) is 5.12. The van der Waals surface area contributed by atoms with Crippen molar-refractivity contribution in [3.63, 3.8) is 0 Å². The van der Waals surface area contributed by atoms with E-state index in [0.29, 0.717) is 0 Å². The fraction of sp³-hybridized carbons (Fsp3) is 0.444.